The lowest BCUT2D eigenvalue weighted by Gasteiger charge is -2.17. The number of methoxy groups -OCH3 is 3. The first kappa shape index (κ1) is 22.4. The normalized spacial score (nSPS) is 11.5. The first-order valence-electron chi connectivity index (χ1n) is 9.78. The molecular formula is C21H32N4O4. The van der Waals surface area contributed by atoms with Crippen LogP contribution in [0.25, 0.3) is 0 Å². The van der Waals surface area contributed by atoms with E-state index in [2.05, 4.69) is 34.6 Å². The predicted molar refractivity (Wildman–Crippen MR) is 113 cm³/mol. The van der Waals surface area contributed by atoms with Crippen molar-refractivity contribution in [3.63, 3.8) is 0 Å². The Bertz CT molecular complexity index is 775. The average Bonchev–Trinajstić information content (AvgIpc) is 3.22. The molecule has 29 heavy (non-hydrogen) atoms. The van der Waals surface area contributed by atoms with Gasteiger partial charge in [-0.25, -0.2) is 0 Å². The van der Waals surface area contributed by atoms with Crippen LogP contribution in [0.3, 0.4) is 0 Å². The minimum Gasteiger partial charge on any atom is -0.496 e. The summed E-state index contributed by atoms with van der Waals surface area (Å²) in [5.74, 6) is 3.85. The van der Waals surface area contributed by atoms with Gasteiger partial charge >= 0.3 is 0 Å². The quantitative estimate of drug-likeness (QED) is 0.463. The van der Waals surface area contributed by atoms with Crippen molar-refractivity contribution < 1.29 is 18.7 Å². The topological polar surface area (TPSA) is 90.1 Å². The zero-order chi connectivity index (χ0) is 21.2. The summed E-state index contributed by atoms with van der Waals surface area (Å²) in [5, 5.41) is 10.7. The zero-order valence-electron chi connectivity index (χ0n) is 18.2. The number of hydrogen-bond donors (Lipinski definition) is 2. The van der Waals surface area contributed by atoms with Gasteiger partial charge in [-0.1, -0.05) is 19.0 Å². The van der Waals surface area contributed by atoms with Crippen molar-refractivity contribution in [2.24, 2.45) is 4.99 Å². The summed E-state index contributed by atoms with van der Waals surface area (Å²) in [4.78, 5) is 4.26. The average molecular weight is 405 g/mol. The molecule has 8 heteroatoms. The molecule has 0 spiro atoms. The molecule has 0 fully saturated rings. The van der Waals surface area contributed by atoms with Gasteiger partial charge in [-0.05, 0) is 12.8 Å². The molecule has 2 N–H and O–H groups in total. The molecule has 160 valence electrons. The lowest BCUT2D eigenvalue weighted by atomic mass is 9.99. The van der Waals surface area contributed by atoms with Gasteiger partial charge in [0.2, 0.25) is 0 Å². The number of benzene rings is 1. The van der Waals surface area contributed by atoms with E-state index in [4.69, 9.17) is 18.7 Å². The summed E-state index contributed by atoms with van der Waals surface area (Å²) >= 11 is 0. The molecule has 0 aliphatic carbocycles. The van der Waals surface area contributed by atoms with Crippen LogP contribution in [0.4, 0.5) is 0 Å². The number of hydrogen-bond acceptors (Lipinski definition) is 6. The maximum Gasteiger partial charge on any atom is 0.191 e. The smallest absolute Gasteiger partial charge is 0.191 e. The molecule has 0 aliphatic heterocycles. The van der Waals surface area contributed by atoms with E-state index >= 15 is 0 Å². The van der Waals surface area contributed by atoms with Crippen molar-refractivity contribution in [3.05, 3.63) is 35.2 Å². The fraction of sp³-hybridized carbons (Fsp3) is 0.524. The molecule has 8 nitrogen and oxygen atoms in total. The summed E-state index contributed by atoms with van der Waals surface area (Å²) < 4.78 is 21.7. The number of nitrogens with one attached hydrogen (secondary N) is 2. The molecule has 0 saturated heterocycles. The third-order valence-electron chi connectivity index (χ3n) is 4.88. The highest BCUT2D eigenvalue weighted by atomic mass is 16.5. The molecule has 1 heterocycles. The molecule has 0 saturated carbocycles. The lowest BCUT2D eigenvalue weighted by molar-refractivity contribution is 0.366. The third-order valence-corrected chi connectivity index (χ3v) is 4.88. The molecule has 2 rings (SSSR count). The number of ether oxygens (including phenoxy) is 3. The Morgan fingerprint density at radius 3 is 2.14 bits per heavy atom. The van der Waals surface area contributed by atoms with Gasteiger partial charge in [0.05, 0.1) is 45.7 Å². The second-order valence-corrected chi connectivity index (χ2v) is 6.52. The van der Waals surface area contributed by atoms with Crippen LogP contribution in [0.2, 0.25) is 0 Å². The highest BCUT2D eigenvalue weighted by molar-refractivity contribution is 5.79. The minimum absolute atomic E-state index is 0.430. The Hall–Kier alpha value is -2.90. The van der Waals surface area contributed by atoms with Gasteiger partial charge in [0.1, 0.15) is 17.2 Å². The van der Waals surface area contributed by atoms with Gasteiger partial charge in [-0.15, -0.1) is 0 Å². The maximum absolute atomic E-state index is 5.49. The van der Waals surface area contributed by atoms with E-state index in [1.54, 1.807) is 28.4 Å². The molecule has 2 aromatic rings. The fourth-order valence-electron chi connectivity index (χ4n) is 3.13. The number of rotatable bonds is 10. The Kier molecular flexibility index (Phi) is 8.64. The monoisotopic (exact) mass is 404 g/mol. The second kappa shape index (κ2) is 11.2. The predicted octanol–water partition coefficient (Wildman–Crippen LogP) is 3.47. The summed E-state index contributed by atoms with van der Waals surface area (Å²) in [6, 6.07) is 5.65. The molecule has 0 amide bonds. The SMILES string of the molecule is CCC(CC)c1cc(CNC(=NC)NCc2c(OC)cc(OC)cc2OC)on1. The van der Waals surface area contributed by atoms with Gasteiger partial charge in [-0.3, -0.25) is 4.99 Å². The molecule has 0 bridgehead atoms. The summed E-state index contributed by atoms with van der Waals surface area (Å²) in [6.45, 7) is 5.28. The molecule has 1 aromatic carbocycles. The van der Waals surface area contributed by atoms with Crippen LogP contribution >= 0.6 is 0 Å². The number of aliphatic imine (C=N–C) groups is 1. The first-order chi connectivity index (χ1) is 14.1. The van der Waals surface area contributed by atoms with Crippen LogP contribution in [0.15, 0.2) is 27.7 Å². The molecule has 0 unspecified atom stereocenters. The number of aromatic nitrogens is 1. The van der Waals surface area contributed by atoms with Crippen LogP contribution in [0.1, 0.15) is 49.6 Å². The van der Waals surface area contributed by atoms with Gasteiger partial charge in [0.15, 0.2) is 11.7 Å². The van der Waals surface area contributed by atoms with Crippen molar-refractivity contribution in [2.75, 3.05) is 28.4 Å². The van der Waals surface area contributed by atoms with E-state index < -0.39 is 0 Å². The van der Waals surface area contributed by atoms with E-state index in [1.807, 2.05) is 18.2 Å². The van der Waals surface area contributed by atoms with E-state index in [9.17, 15) is 0 Å². The number of nitrogens with zero attached hydrogens (tertiary/aromatic N) is 2. The van der Waals surface area contributed by atoms with Crippen molar-refractivity contribution in [2.45, 2.75) is 45.7 Å². The van der Waals surface area contributed by atoms with Crippen molar-refractivity contribution in [3.8, 4) is 17.2 Å². The van der Waals surface area contributed by atoms with Crippen LogP contribution < -0.4 is 24.8 Å². The molecule has 0 atom stereocenters. The maximum atomic E-state index is 5.49. The molecular weight excluding hydrogens is 372 g/mol. The van der Waals surface area contributed by atoms with Gasteiger partial charge in [-0.2, -0.15) is 0 Å². The second-order valence-electron chi connectivity index (χ2n) is 6.52. The fourth-order valence-corrected chi connectivity index (χ4v) is 3.13. The zero-order valence-corrected chi connectivity index (χ0v) is 18.2. The van der Waals surface area contributed by atoms with Crippen LogP contribution in [0.5, 0.6) is 17.2 Å². The molecule has 1 aromatic heterocycles. The van der Waals surface area contributed by atoms with E-state index in [-0.39, 0.29) is 0 Å². The van der Waals surface area contributed by atoms with Gasteiger partial charge in [0.25, 0.3) is 0 Å². The van der Waals surface area contributed by atoms with Crippen LogP contribution in [0, 0.1) is 0 Å². The first-order valence-corrected chi connectivity index (χ1v) is 9.78. The molecule has 0 radical (unpaired) electrons. The van der Waals surface area contributed by atoms with Gasteiger partial charge in [0, 0.05) is 31.2 Å². The minimum atomic E-state index is 0.430. The van der Waals surface area contributed by atoms with Gasteiger partial charge < -0.3 is 29.4 Å². The Morgan fingerprint density at radius 2 is 1.62 bits per heavy atom. The molecule has 0 aliphatic rings. The highest BCUT2D eigenvalue weighted by Crippen LogP contribution is 2.33. The largest absolute Gasteiger partial charge is 0.496 e. The third kappa shape index (κ3) is 5.79. The Morgan fingerprint density at radius 1 is 1.00 bits per heavy atom. The van der Waals surface area contributed by atoms with E-state index in [1.165, 1.54) is 0 Å². The van der Waals surface area contributed by atoms with Crippen molar-refractivity contribution >= 4 is 5.96 Å². The van der Waals surface area contributed by atoms with Crippen LogP contribution in [-0.4, -0.2) is 39.5 Å². The van der Waals surface area contributed by atoms with E-state index in [0.717, 1.165) is 29.9 Å². The van der Waals surface area contributed by atoms with E-state index in [0.29, 0.717) is 42.2 Å². The number of guanidine groups is 1. The summed E-state index contributed by atoms with van der Waals surface area (Å²) in [6.07, 6.45) is 2.09. The van der Waals surface area contributed by atoms with Crippen molar-refractivity contribution in [1.29, 1.82) is 0 Å². The Balaban J connectivity index is 2.01. The summed E-state index contributed by atoms with van der Waals surface area (Å²) in [7, 11) is 6.56. The summed E-state index contributed by atoms with van der Waals surface area (Å²) in [5.41, 5.74) is 1.87. The standard InChI is InChI=1S/C21H32N4O4/c1-7-14(8-2)18-9-16(29-25-18)12-23-21(22-3)24-13-17-19(27-5)10-15(26-4)11-20(17)28-6/h9-11,14H,7-8,12-13H2,1-6H3,(H2,22,23,24). The Labute approximate surface area is 172 Å². The van der Waals surface area contributed by atoms with Crippen molar-refractivity contribution in [1.82, 2.24) is 15.8 Å². The lowest BCUT2D eigenvalue weighted by Crippen LogP contribution is -2.36. The highest BCUT2D eigenvalue weighted by Gasteiger charge is 2.15. The van der Waals surface area contributed by atoms with Crippen LogP contribution in [-0.2, 0) is 13.1 Å².